The highest BCUT2D eigenvalue weighted by Gasteiger charge is 2.29. The van der Waals surface area contributed by atoms with Crippen LogP contribution in [0.5, 0.6) is 0 Å². The van der Waals surface area contributed by atoms with Gasteiger partial charge in [0.05, 0.1) is 16.9 Å². The van der Waals surface area contributed by atoms with Gasteiger partial charge in [-0.1, -0.05) is 62.4 Å². The highest BCUT2D eigenvalue weighted by atomic mass is 19.1. The molecule has 1 atom stereocenters. The number of carbonyl (C=O) groups is 1. The second kappa shape index (κ2) is 10.4. The Bertz CT molecular complexity index is 1350. The third-order valence-electron chi connectivity index (χ3n) is 5.93. The predicted octanol–water partition coefficient (Wildman–Crippen LogP) is 5.74. The Labute approximate surface area is 198 Å². The van der Waals surface area contributed by atoms with E-state index in [1.54, 1.807) is 21.6 Å². The third-order valence-corrected chi connectivity index (χ3v) is 5.93. The largest absolute Gasteiger partial charge is 0.324 e. The van der Waals surface area contributed by atoms with Gasteiger partial charge < -0.3 is 4.90 Å². The molecule has 6 heteroatoms. The highest BCUT2D eigenvalue weighted by Crippen LogP contribution is 2.28. The molecule has 3 aromatic carbocycles. The number of aromatic nitrogens is 2. The molecule has 4 rings (SSSR count). The van der Waals surface area contributed by atoms with E-state index < -0.39 is 11.9 Å². The molecule has 0 spiro atoms. The molecule has 0 saturated heterocycles. The van der Waals surface area contributed by atoms with Gasteiger partial charge in [-0.15, -0.1) is 0 Å². The van der Waals surface area contributed by atoms with Gasteiger partial charge in [-0.05, 0) is 48.7 Å². The molecule has 0 aliphatic heterocycles. The van der Waals surface area contributed by atoms with E-state index in [1.807, 2.05) is 62.4 Å². The first-order chi connectivity index (χ1) is 16.5. The van der Waals surface area contributed by atoms with Crippen LogP contribution in [0.1, 0.15) is 54.5 Å². The van der Waals surface area contributed by atoms with Gasteiger partial charge in [0, 0.05) is 18.7 Å². The summed E-state index contributed by atoms with van der Waals surface area (Å²) in [5.41, 5.74) is 1.69. The molecule has 5 nitrogen and oxygen atoms in total. The average Bonchev–Trinajstić information content (AvgIpc) is 2.86. The molecule has 0 aliphatic rings. The number of hydrogen-bond donors (Lipinski definition) is 0. The molecule has 1 unspecified atom stereocenters. The molecule has 1 amide bonds. The summed E-state index contributed by atoms with van der Waals surface area (Å²) >= 11 is 0. The van der Waals surface area contributed by atoms with Gasteiger partial charge in [-0.25, -0.2) is 9.37 Å². The molecule has 0 saturated carbocycles. The Morgan fingerprint density at radius 3 is 2.44 bits per heavy atom. The summed E-state index contributed by atoms with van der Waals surface area (Å²) in [6, 6.07) is 22.2. The molecule has 0 aliphatic carbocycles. The molecular formula is C28H28FN3O2. The van der Waals surface area contributed by atoms with Gasteiger partial charge in [0.15, 0.2) is 0 Å². The maximum absolute atomic E-state index is 14.0. The van der Waals surface area contributed by atoms with Crippen LogP contribution in [0.25, 0.3) is 10.9 Å². The van der Waals surface area contributed by atoms with E-state index in [-0.39, 0.29) is 17.0 Å². The number of fused-ring (bicyclic) bond motifs is 1. The van der Waals surface area contributed by atoms with Gasteiger partial charge in [0.1, 0.15) is 11.6 Å². The summed E-state index contributed by atoms with van der Waals surface area (Å²) in [6.07, 6.45) is 1.29. The van der Waals surface area contributed by atoms with E-state index in [2.05, 4.69) is 0 Å². The van der Waals surface area contributed by atoms with Crippen molar-refractivity contribution in [3.05, 3.63) is 112 Å². The van der Waals surface area contributed by atoms with Crippen molar-refractivity contribution in [2.75, 3.05) is 0 Å². The van der Waals surface area contributed by atoms with Crippen molar-refractivity contribution in [3.8, 4) is 0 Å². The second-order valence-electron chi connectivity index (χ2n) is 8.30. The lowest BCUT2D eigenvalue weighted by molar-refractivity contribution is 0.0637. The summed E-state index contributed by atoms with van der Waals surface area (Å²) in [6.45, 7) is 4.78. The summed E-state index contributed by atoms with van der Waals surface area (Å²) in [4.78, 5) is 33.7. The molecule has 0 N–H and O–H groups in total. The monoisotopic (exact) mass is 457 g/mol. The van der Waals surface area contributed by atoms with Crippen molar-refractivity contribution in [1.29, 1.82) is 0 Å². The quantitative estimate of drug-likeness (QED) is 0.339. The summed E-state index contributed by atoms with van der Waals surface area (Å²) in [7, 11) is 0. The van der Waals surface area contributed by atoms with Crippen molar-refractivity contribution in [2.24, 2.45) is 0 Å². The minimum Gasteiger partial charge on any atom is -0.324 e. The Balaban J connectivity index is 1.88. The van der Waals surface area contributed by atoms with Crippen molar-refractivity contribution in [1.82, 2.24) is 14.5 Å². The van der Waals surface area contributed by atoms with Crippen LogP contribution in [-0.2, 0) is 13.1 Å². The van der Waals surface area contributed by atoms with E-state index >= 15 is 0 Å². The van der Waals surface area contributed by atoms with Crippen LogP contribution in [0.4, 0.5) is 4.39 Å². The second-order valence-corrected chi connectivity index (χ2v) is 8.30. The van der Waals surface area contributed by atoms with Crippen LogP contribution in [0.2, 0.25) is 0 Å². The first kappa shape index (κ1) is 23.4. The van der Waals surface area contributed by atoms with Crippen LogP contribution >= 0.6 is 0 Å². The van der Waals surface area contributed by atoms with E-state index in [9.17, 15) is 14.0 Å². The number of hydrogen-bond acceptors (Lipinski definition) is 3. The number of para-hydroxylation sites is 1. The number of carbonyl (C=O) groups excluding carboxylic acids is 1. The minimum absolute atomic E-state index is 0.112. The molecule has 1 aromatic heterocycles. The molecule has 0 fully saturated rings. The van der Waals surface area contributed by atoms with Gasteiger partial charge >= 0.3 is 0 Å². The zero-order valence-electron chi connectivity index (χ0n) is 19.4. The van der Waals surface area contributed by atoms with Crippen molar-refractivity contribution < 1.29 is 9.18 Å². The van der Waals surface area contributed by atoms with Crippen LogP contribution < -0.4 is 5.56 Å². The van der Waals surface area contributed by atoms with Crippen molar-refractivity contribution >= 4 is 16.8 Å². The number of amides is 1. The number of benzene rings is 3. The minimum atomic E-state index is -0.472. The fourth-order valence-corrected chi connectivity index (χ4v) is 4.31. The number of rotatable bonds is 8. The van der Waals surface area contributed by atoms with E-state index in [1.165, 1.54) is 18.2 Å². The van der Waals surface area contributed by atoms with Crippen LogP contribution in [-0.4, -0.2) is 20.4 Å². The van der Waals surface area contributed by atoms with Gasteiger partial charge in [0.25, 0.3) is 11.5 Å². The van der Waals surface area contributed by atoms with Crippen LogP contribution in [0.3, 0.4) is 0 Å². The van der Waals surface area contributed by atoms with E-state index in [4.69, 9.17) is 4.98 Å². The smallest absolute Gasteiger partial charge is 0.261 e. The standard InChI is InChI=1S/C28H28FN3O2/c1-3-17-31-26(30-24-16-9-8-15-23(24)28(31)34)25(4-2)32(19-20-11-6-5-7-12-20)27(33)21-13-10-14-22(29)18-21/h5-16,18,25H,3-4,17,19H2,1-2H3. The van der Waals surface area contributed by atoms with Gasteiger partial charge in [0.2, 0.25) is 0 Å². The zero-order valence-corrected chi connectivity index (χ0v) is 19.4. The summed E-state index contributed by atoms with van der Waals surface area (Å²) in [5, 5.41) is 0.556. The topological polar surface area (TPSA) is 55.2 Å². The maximum Gasteiger partial charge on any atom is 0.261 e. The molecule has 4 aromatic rings. The molecule has 1 heterocycles. The number of halogens is 1. The Kier molecular flexibility index (Phi) is 7.16. The van der Waals surface area contributed by atoms with E-state index in [0.717, 1.165) is 12.0 Å². The Morgan fingerprint density at radius 1 is 1.00 bits per heavy atom. The fourth-order valence-electron chi connectivity index (χ4n) is 4.31. The van der Waals surface area contributed by atoms with Crippen molar-refractivity contribution in [2.45, 2.75) is 45.8 Å². The Morgan fingerprint density at radius 2 is 1.74 bits per heavy atom. The molecule has 174 valence electrons. The SMILES string of the molecule is CCCn1c(C(CC)N(Cc2ccccc2)C(=O)c2cccc(F)c2)nc2ccccc2c1=O. The van der Waals surface area contributed by atoms with Gasteiger partial charge in [-0.3, -0.25) is 14.2 Å². The molecular weight excluding hydrogens is 429 g/mol. The zero-order chi connectivity index (χ0) is 24.1. The van der Waals surface area contributed by atoms with Crippen LogP contribution in [0, 0.1) is 5.82 Å². The lowest BCUT2D eigenvalue weighted by atomic mass is 10.1. The first-order valence-electron chi connectivity index (χ1n) is 11.6. The lowest BCUT2D eigenvalue weighted by Gasteiger charge is -2.32. The highest BCUT2D eigenvalue weighted by molar-refractivity contribution is 5.94. The number of nitrogens with zero attached hydrogens (tertiary/aromatic N) is 3. The van der Waals surface area contributed by atoms with Crippen LogP contribution in [0.15, 0.2) is 83.7 Å². The molecule has 34 heavy (non-hydrogen) atoms. The predicted molar refractivity (Wildman–Crippen MR) is 132 cm³/mol. The normalized spacial score (nSPS) is 12.0. The van der Waals surface area contributed by atoms with E-state index in [0.29, 0.717) is 36.2 Å². The summed E-state index contributed by atoms with van der Waals surface area (Å²) in [5.74, 6) is -0.223. The van der Waals surface area contributed by atoms with Gasteiger partial charge in [-0.2, -0.15) is 0 Å². The Hall–Kier alpha value is -3.80. The summed E-state index contributed by atoms with van der Waals surface area (Å²) < 4.78 is 15.7. The first-order valence-corrected chi connectivity index (χ1v) is 11.6. The van der Waals surface area contributed by atoms with Crippen molar-refractivity contribution in [3.63, 3.8) is 0 Å². The molecule has 0 radical (unpaired) electrons. The maximum atomic E-state index is 14.0. The lowest BCUT2D eigenvalue weighted by Crippen LogP contribution is -2.38. The fraction of sp³-hybridized carbons (Fsp3) is 0.250. The molecule has 0 bridgehead atoms. The average molecular weight is 458 g/mol. The third kappa shape index (κ3) is 4.76.